The molecule has 5 rings (SSSR count). The molecule has 1 aliphatic heterocycles. The van der Waals surface area contributed by atoms with Gasteiger partial charge in [0.25, 0.3) is 11.8 Å². The molecule has 3 heterocycles. The van der Waals surface area contributed by atoms with Gasteiger partial charge in [-0.25, -0.2) is 0 Å². The third-order valence-electron chi connectivity index (χ3n) is 6.32. The van der Waals surface area contributed by atoms with Crippen molar-refractivity contribution in [2.75, 3.05) is 11.9 Å². The molecule has 0 radical (unpaired) electrons. The highest BCUT2D eigenvalue weighted by atomic mass is 19.4. The quantitative estimate of drug-likeness (QED) is 0.296. The van der Waals surface area contributed by atoms with E-state index in [1.54, 1.807) is 55.2 Å². The molecule has 0 atom stereocenters. The van der Waals surface area contributed by atoms with Gasteiger partial charge >= 0.3 is 6.36 Å². The van der Waals surface area contributed by atoms with Crippen LogP contribution in [0.5, 0.6) is 5.75 Å². The van der Waals surface area contributed by atoms with Gasteiger partial charge in [0.15, 0.2) is 0 Å². The molecule has 0 unspecified atom stereocenters. The molecule has 0 saturated heterocycles. The molecular weight excluding hydrogens is 513 g/mol. The van der Waals surface area contributed by atoms with E-state index in [1.807, 2.05) is 0 Å². The number of aromatic amines is 1. The lowest BCUT2D eigenvalue weighted by Gasteiger charge is -2.11. The fourth-order valence-electron chi connectivity index (χ4n) is 4.59. The Bertz CT molecular complexity index is 1570. The number of carbonyl (C=O) groups excluding carboxylic acids is 2. The number of benzene rings is 2. The number of nitrogens with zero attached hydrogens (tertiary/aromatic N) is 3. The van der Waals surface area contributed by atoms with Crippen molar-refractivity contribution in [3.8, 4) is 16.9 Å². The van der Waals surface area contributed by atoms with E-state index in [-0.39, 0.29) is 17.6 Å². The zero-order chi connectivity index (χ0) is 27.7. The number of hydrogen-bond donors (Lipinski definition) is 3. The molecule has 3 N–H and O–H groups in total. The van der Waals surface area contributed by atoms with Gasteiger partial charge in [0.2, 0.25) is 0 Å². The largest absolute Gasteiger partial charge is 0.573 e. The maximum atomic E-state index is 13.0. The van der Waals surface area contributed by atoms with E-state index in [0.717, 1.165) is 0 Å². The fourth-order valence-corrected chi connectivity index (χ4v) is 4.59. The molecule has 0 fully saturated rings. The van der Waals surface area contributed by atoms with Gasteiger partial charge in [0.1, 0.15) is 5.75 Å². The van der Waals surface area contributed by atoms with Crippen LogP contribution in [0.4, 0.5) is 18.9 Å². The van der Waals surface area contributed by atoms with Gasteiger partial charge in [-0.2, -0.15) is 0 Å². The minimum absolute atomic E-state index is 0.260. The summed E-state index contributed by atoms with van der Waals surface area (Å²) in [6, 6.07) is 10.7. The molecule has 0 spiro atoms. The number of amides is 2. The summed E-state index contributed by atoms with van der Waals surface area (Å²) in [5.74, 6) is -0.933. The van der Waals surface area contributed by atoms with E-state index >= 15 is 0 Å². The summed E-state index contributed by atoms with van der Waals surface area (Å²) in [6.45, 7) is 4.39. The van der Waals surface area contributed by atoms with E-state index < -0.39 is 6.36 Å². The van der Waals surface area contributed by atoms with Crippen molar-refractivity contribution in [3.63, 3.8) is 0 Å². The van der Waals surface area contributed by atoms with Crippen LogP contribution in [0.2, 0.25) is 0 Å². The van der Waals surface area contributed by atoms with E-state index in [9.17, 15) is 22.8 Å². The van der Waals surface area contributed by atoms with Crippen molar-refractivity contribution < 1.29 is 27.5 Å². The number of aryl methyl sites for hydroxylation is 1. The monoisotopic (exact) mass is 536 g/mol. The number of anilines is 1. The summed E-state index contributed by atoms with van der Waals surface area (Å²) in [6.07, 6.45) is 0.149. The van der Waals surface area contributed by atoms with Gasteiger partial charge in [0.05, 0.1) is 23.9 Å². The van der Waals surface area contributed by atoms with Gasteiger partial charge < -0.3 is 20.4 Å². The molecule has 12 heteroatoms. The van der Waals surface area contributed by atoms with Crippen LogP contribution >= 0.6 is 0 Å². The molecule has 0 aliphatic carbocycles. The van der Waals surface area contributed by atoms with Gasteiger partial charge in [-0.1, -0.05) is 29.5 Å². The van der Waals surface area contributed by atoms with Crippen molar-refractivity contribution in [1.82, 2.24) is 25.3 Å². The Hall–Kier alpha value is -4.87. The molecule has 2 aromatic heterocycles. The normalized spacial score (nSPS) is 13.9. The van der Waals surface area contributed by atoms with E-state index in [2.05, 4.69) is 30.7 Å². The lowest BCUT2D eigenvalue weighted by molar-refractivity contribution is -0.274. The summed E-state index contributed by atoms with van der Waals surface area (Å²) in [5, 5.41) is 13.3. The lowest BCUT2D eigenvalue weighted by atomic mass is 9.94. The Morgan fingerprint density at radius 1 is 1.15 bits per heavy atom. The second kappa shape index (κ2) is 10.1. The number of aromatic nitrogens is 4. The number of halogens is 3. The molecule has 2 aromatic carbocycles. The maximum absolute atomic E-state index is 13.0. The smallest absolute Gasteiger partial charge is 0.406 e. The summed E-state index contributed by atoms with van der Waals surface area (Å²) in [4.78, 5) is 29.1. The first-order valence-corrected chi connectivity index (χ1v) is 11.9. The first-order valence-electron chi connectivity index (χ1n) is 11.9. The number of ether oxygens (including phenoxy) is 1. The first-order chi connectivity index (χ1) is 18.6. The van der Waals surface area contributed by atoms with Gasteiger partial charge in [-0.3, -0.25) is 14.3 Å². The van der Waals surface area contributed by atoms with Gasteiger partial charge in [-0.15, -0.1) is 18.3 Å². The Labute approximate surface area is 220 Å². The summed E-state index contributed by atoms with van der Waals surface area (Å²) in [5.41, 5.74) is 5.19. The molecule has 39 heavy (non-hydrogen) atoms. The highest BCUT2D eigenvalue weighted by molar-refractivity contribution is 6.36. The van der Waals surface area contributed by atoms with E-state index in [0.29, 0.717) is 63.6 Å². The standard InChI is InChI=1S/C27H23F3N6O3/c1-15-22(33-16(2)23(15)26(38)31-10-12-36-13-11-32-35-36)14-20-24-19(4-3-5-21(24)34-25(20)37)17-6-8-18(9-7-17)39-27(28,29)30/h3-9,11,13-14,33H,10,12H2,1-2H3,(H,31,38)(H,34,37). The number of fused-ring (bicyclic) bond motifs is 1. The lowest BCUT2D eigenvalue weighted by Crippen LogP contribution is -2.28. The van der Waals surface area contributed by atoms with Crippen LogP contribution in [-0.4, -0.2) is 44.7 Å². The van der Waals surface area contributed by atoms with Crippen molar-refractivity contribution in [1.29, 1.82) is 0 Å². The third kappa shape index (κ3) is 5.40. The average molecular weight is 537 g/mol. The van der Waals surface area contributed by atoms with Crippen LogP contribution in [0, 0.1) is 13.8 Å². The first kappa shape index (κ1) is 25.8. The molecule has 0 saturated carbocycles. The Balaban J connectivity index is 1.44. The molecule has 1 aliphatic rings. The molecule has 4 aromatic rings. The number of carbonyl (C=O) groups is 2. The Morgan fingerprint density at radius 2 is 1.92 bits per heavy atom. The van der Waals surface area contributed by atoms with Crippen molar-refractivity contribution in [2.24, 2.45) is 0 Å². The van der Waals surface area contributed by atoms with Gasteiger partial charge in [0, 0.05) is 35.4 Å². The highest BCUT2D eigenvalue weighted by Crippen LogP contribution is 2.41. The van der Waals surface area contributed by atoms with Crippen molar-refractivity contribution >= 4 is 29.2 Å². The Kier molecular flexibility index (Phi) is 6.69. The number of rotatable bonds is 7. The van der Waals surface area contributed by atoms with E-state index in [4.69, 9.17) is 0 Å². The second-order valence-corrected chi connectivity index (χ2v) is 8.90. The summed E-state index contributed by atoms with van der Waals surface area (Å²) >= 11 is 0. The zero-order valence-corrected chi connectivity index (χ0v) is 20.9. The van der Waals surface area contributed by atoms with Crippen molar-refractivity contribution in [2.45, 2.75) is 26.8 Å². The fraction of sp³-hybridized carbons (Fsp3) is 0.185. The van der Waals surface area contributed by atoms with Crippen LogP contribution in [0.3, 0.4) is 0 Å². The minimum Gasteiger partial charge on any atom is -0.406 e. The third-order valence-corrected chi connectivity index (χ3v) is 6.32. The predicted molar refractivity (Wildman–Crippen MR) is 138 cm³/mol. The van der Waals surface area contributed by atoms with E-state index in [1.165, 1.54) is 24.3 Å². The highest BCUT2D eigenvalue weighted by Gasteiger charge is 2.31. The molecular formula is C27H23F3N6O3. The van der Waals surface area contributed by atoms with Gasteiger partial charge in [-0.05, 0) is 54.8 Å². The topological polar surface area (TPSA) is 114 Å². The summed E-state index contributed by atoms with van der Waals surface area (Å²) in [7, 11) is 0. The zero-order valence-electron chi connectivity index (χ0n) is 20.9. The SMILES string of the molecule is Cc1[nH]c(C=C2C(=O)Nc3cccc(-c4ccc(OC(F)(F)F)cc4)c32)c(C)c1C(=O)NCCn1ccnn1. The number of hydrogen-bond acceptors (Lipinski definition) is 5. The number of alkyl halides is 3. The van der Waals surface area contributed by atoms with Crippen LogP contribution < -0.4 is 15.4 Å². The predicted octanol–water partition coefficient (Wildman–Crippen LogP) is 4.71. The van der Waals surface area contributed by atoms with Crippen molar-refractivity contribution in [3.05, 3.63) is 82.9 Å². The molecule has 200 valence electrons. The molecule has 0 bridgehead atoms. The van der Waals surface area contributed by atoms with Crippen LogP contribution in [0.25, 0.3) is 22.8 Å². The summed E-state index contributed by atoms with van der Waals surface area (Å²) < 4.78 is 43.3. The average Bonchev–Trinajstić information content (AvgIpc) is 3.57. The van der Waals surface area contributed by atoms with Crippen LogP contribution in [-0.2, 0) is 11.3 Å². The Morgan fingerprint density at radius 3 is 2.62 bits per heavy atom. The number of nitrogens with one attached hydrogen (secondary N) is 3. The second-order valence-electron chi connectivity index (χ2n) is 8.90. The maximum Gasteiger partial charge on any atom is 0.573 e. The molecule has 2 amide bonds. The molecule has 9 nitrogen and oxygen atoms in total. The van der Waals surface area contributed by atoms with Crippen LogP contribution in [0.15, 0.2) is 54.9 Å². The number of H-pyrrole nitrogens is 1. The van der Waals surface area contributed by atoms with Crippen LogP contribution in [0.1, 0.15) is 32.9 Å². The minimum atomic E-state index is -4.79.